The molecule has 0 amide bonds. The number of sulfonamides is 1. The maximum Gasteiger partial charge on any atom is 0.243 e. The van der Waals surface area contributed by atoms with Crippen molar-refractivity contribution in [3.63, 3.8) is 0 Å². The number of aliphatic imine (C=N–C) groups is 1. The van der Waals surface area contributed by atoms with Gasteiger partial charge < -0.3 is 10.2 Å². The number of piperidine rings is 1. The number of aryl methyl sites for hydroxylation is 1. The third kappa shape index (κ3) is 4.49. The molecule has 1 N–H and O–H groups in total. The molecule has 0 spiro atoms. The Hall–Kier alpha value is -2.71. The van der Waals surface area contributed by atoms with Gasteiger partial charge in [0.25, 0.3) is 0 Å². The molecule has 2 aliphatic rings. The first-order chi connectivity index (χ1) is 14.0. The molecule has 0 unspecified atom stereocenters. The van der Waals surface area contributed by atoms with E-state index in [-0.39, 0.29) is 0 Å². The van der Waals surface area contributed by atoms with Crippen LogP contribution < -0.4 is 5.32 Å². The fourth-order valence-electron chi connectivity index (χ4n) is 3.41. The zero-order chi connectivity index (χ0) is 20.3. The first kappa shape index (κ1) is 19.6. The van der Waals surface area contributed by atoms with Crippen LogP contribution in [0, 0.1) is 6.92 Å². The molecule has 2 aliphatic heterocycles. The fourth-order valence-corrected chi connectivity index (χ4v) is 4.96. The van der Waals surface area contributed by atoms with E-state index in [1.807, 2.05) is 37.3 Å². The summed E-state index contributed by atoms with van der Waals surface area (Å²) in [6.45, 7) is 3.66. The number of hydrogen-bond donors (Lipinski definition) is 1. The molecule has 0 bridgehead atoms. The Kier molecular flexibility index (Phi) is 5.64. The number of hydrogen-bond acceptors (Lipinski definition) is 6. The molecule has 8 heteroatoms. The van der Waals surface area contributed by atoms with Gasteiger partial charge in [-0.05, 0) is 36.8 Å². The minimum absolute atomic E-state index is 0.316. The lowest BCUT2D eigenvalue weighted by atomic mass is 10.1. The average molecular weight is 413 g/mol. The summed E-state index contributed by atoms with van der Waals surface area (Å²) in [6.07, 6.45) is 1.14. The van der Waals surface area contributed by atoms with Gasteiger partial charge in [0.15, 0.2) is 6.61 Å². The summed E-state index contributed by atoms with van der Waals surface area (Å²) in [5, 5.41) is 7.53. The van der Waals surface area contributed by atoms with Crippen LogP contribution in [0.3, 0.4) is 0 Å². The van der Waals surface area contributed by atoms with Gasteiger partial charge in [-0.3, -0.25) is 4.99 Å². The van der Waals surface area contributed by atoms with E-state index in [4.69, 9.17) is 4.84 Å². The number of oxime groups is 1. The normalized spacial score (nSPS) is 17.1. The van der Waals surface area contributed by atoms with Gasteiger partial charge in [0.05, 0.1) is 34.2 Å². The van der Waals surface area contributed by atoms with Crippen molar-refractivity contribution >= 4 is 32.8 Å². The Morgan fingerprint density at radius 2 is 1.93 bits per heavy atom. The molecule has 0 atom stereocenters. The van der Waals surface area contributed by atoms with E-state index in [2.05, 4.69) is 15.5 Å². The third-order valence-electron chi connectivity index (χ3n) is 5.02. The van der Waals surface area contributed by atoms with Gasteiger partial charge in [0.1, 0.15) is 0 Å². The van der Waals surface area contributed by atoms with Gasteiger partial charge in [-0.2, -0.15) is 4.31 Å². The highest BCUT2D eigenvalue weighted by Gasteiger charge is 2.28. The van der Waals surface area contributed by atoms with E-state index < -0.39 is 10.0 Å². The van der Waals surface area contributed by atoms with Crippen LogP contribution in [-0.2, 0) is 14.9 Å². The molecule has 0 radical (unpaired) electrons. The highest BCUT2D eigenvalue weighted by atomic mass is 32.2. The molecular formula is C21H24N4O3S. The summed E-state index contributed by atoms with van der Waals surface area (Å²) < 4.78 is 27.1. The molecule has 29 heavy (non-hydrogen) atoms. The standard InChI is InChI=1S/C21H24N4O3S/c1-16-5-4-6-19(13-16)29(26,27)25-11-9-17(10-12-25)24-28-15-18-14-22-20-7-2-3-8-21(20)23-18/h2-8,13,22H,9-12,14-15H2,1H3. The zero-order valence-electron chi connectivity index (χ0n) is 16.3. The molecular weight excluding hydrogens is 388 g/mol. The van der Waals surface area contributed by atoms with Crippen molar-refractivity contribution in [2.75, 3.05) is 31.6 Å². The van der Waals surface area contributed by atoms with Crippen LogP contribution in [0.2, 0.25) is 0 Å². The minimum atomic E-state index is -3.46. The lowest BCUT2D eigenvalue weighted by Gasteiger charge is -2.26. The van der Waals surface area contributed by atoms with Gasteiger partial charge in [0, 0.05) is 25.9 Å². The number of fused-ring (bicyclic) bond motifs is 1. The van der Waals surface area contributed by atoms with Crippen LogP contribution in [-0.4, -0.2) is 50.4 Å². The first-order valence-corrected chi connectivity index (χ1v) is 11.1. The number of benzene rings is 2. The predicted octanol–water partition coefficient (Wildman–Crippen LogP) is 3.35. The maximum absolute atomic E-state index is 12.8. The molecule has 4 rings (SSSR count). The molecule has 0 aromatic heterocycles. The van der Waals surface area contributed by atoms with Crippen molar-refractivity contribution in [1.29, 1.82) is 0 Å². The number of para-hydroxylation sites is 2. The van der Waals surface area contributed by atoms with Crippen molar-refractivity contribution in [2.24, 2.45) is 10.1 Å². The first-order valence-electron chi connectivity index (χ1n) is 9.66. The Morgan fingerprint density at radius 1 is 1.14 bits per heavy atom. The van der Waals surface area contributed by atoms with Gasteiger partial charge in [0.2, 0.25) is 10.0 Å². The molecule has 2 aromatic rings. The Morgan fingerprint density at radius 3 is 2.72 bits per heavy atom. The number of nitrogens with one attached hydrogen (secondary N) is 1. The van der Waals surface area contributed by atoms with Gasteiger partial charge in [-0.25, -0.2) is 8.42 Å². The third-order valence-corrected chi connectivity index (χ3v) is 6.91. The largest absolute Gasteiger partial charge is 0.390 e. The summed E-state index contributed by atoms with van der Waals surface area (Å²) >= 11 is 0. The zero-order valence-corrected chi connectivity index (χ0v) is 17.2. The highest BCUT2D eigenvalue weighted by molar-refractivity contribution is 7.89. The lowest BCUT2D eigenvalue weighted by molar-refractivity contribution is 0.181. The van der Waals surface area contributed by atoms with Gasteiger partial charge in [-0.15, -0.1) is 0 Å². The smallest absolute Gasteiger partial charge is 0.243 e. The summed E-state index contributed by atoms with van der Waals surface area (Å²) in [6, 6.07) is 14.9. The predicted molar refractivity (Wildman–Crippen MR) is 115 cm³/mol. The van der Waals surface area contributed by atoms with Crippen molar-refractivity contribution in [2.45, 2.75) is 24.7 Å². The monoisotopic (exact) mass is 412 g/mol. The van der Waals surface area contributed by atoms with Crippen molar-refractivity contribution in [3.8, 4) is 0 Å². The molecule has 1 fully saturated rings. The molecule has 152 valence electrons. The molecule has 7 nitrogen and oxygen atoms in total. The van der Waals surface area contributed by atoms with Crippen LogP contribution in [0.1, 0.15) is 18.4 Å². The summed E-state index contributed by atoms with van der Waals surface area (Å²) in [4.78, 5) is 10.4. The highest BCUT2D eigenvalue weighted by Crippen LogP contribution is 2.27. The van der Waals surface area contributed by atoms with Crippen LogP contribution in [0.5, 0.6) is 0 Å². The summed E-state index contributed by atoms with van der Waals surface area (Å²) in [7, 11) is -3.46. The van der Waals surface area contributed by atoms with Gasteiger partial charge >= 0.3 is 0 Å². The summed E-state index contributed by atoms with van der Waals surface area (Å²) in [5.74, 6) is 0. The van der Waals surface area contributed by atoms with Crippen molar-refractivity contribution < 1.29 is 13.3 Å². The quantitative estimate of drug-likeness (QED) is 0.764. The van der Waals surface area contributed by atoms with E-state index in [9.17, 15) is 8.42 Å². The fraction of sp³-hybridized carbons (Fsp3) is 0.333. The van der Waals surface area contributed by atoms with Crippen LogP contribution >= 0.6 is 0 Å². The number of nitrogens with zero attached hydrogens (tertiary/aromatic N) is 3. The van der Waals surface area contributed by atoms with Gasteiger partial charge in [-0.1, -0.05) is 29.4 Å². The van der Waals surface area contributed by atoms with Crippen molar-refractivity contribution in [1.82, 2.24) is 4.31 Å². The maximum atomic E-state index is 12.8. The van der Waals surface area contributed by atoms with Crippen molar-refractivity contribution in [3.05, 3.63) is 54.1 Å². The minimum Gasteiger partial charge on any atom is -0.390 e. The van der Waals surface area contributed by atoms with E-state index in [1.165, 1.54) is 4.31 Å². The SMILES string of the molecule is Cc1cccc(S(=O)(=O)N2CCC(=NOCC3=Nc4ccccc4NC3)CC2)c1. The average Bonchev–Trinajstić information content (AvgIpc) is 2.74. The van der Waals surface area contributed by atoms with E-state index >= 15 is 0 Å². The Labute approximate surface area is 171 Å². The lowest BCUT2D eigenvalue weighted by Crippen LogP contribution is -2.38. The second kappa shape index (κ2) is 8.34. The molecule has 0 saturated carbocycles. The molecule has 2 aromatic carbocycles. The summed E-state index contributed by atoms with van der Waals surface area (Å²) in [5.41, 5.74) is 4.61. The van der Waals surface area contributed by atoms with E-state index in [1.54, 1.807) is 18.2 Å². The molecule has 2 heterocycles. The van der Waals surface area contributed by atoms with E-state index in [0.29, 0.717) is 44.0 Å². The topological polar surface area (TPSA) is 83.4 Å². The number of rotatable bonds is 5. The second-order valence-corrected chi connectivity index (χ2v) is 9.14. The second-order valence-electron chi connectivity index (χ2n) is 7.20. The number of anilines is 1. The molecule has 1 saturated heterocycles. The molecule has 0 aliphatic carbocycles. The van der Waals surface area contributed by atoms with E-state index in [0.717, 1.165) is 28.4 Å². The van der Waals surface area contributed by atoms with Crippen LogP contribution in [0.15, 0.2) is 63.6 Å². The van der Waals surface area contributed by atoms with Crippen LogP contribution in [0.4, 0.5) is 11.4 Å². The van der Waals surface area contributed by atoms with Crippen LogP contribution in [0.25, 0.3) is 0 Å². The Balaban J connectivity index is 1.32. The Bertz CT molecular complexity index is 1050.